The molecule has 1 aliphatic rings. The third kappa shape index (κ3) is 3.35. The molecule has 3 aromatic rings. The molecule has 1 unspecified atom stereocenters. The second kappa shape index (κ2) is 6.67. The Balaban J connectivity index is 1.36. The van der Waals surface area contributed by atoms with Crippen molar-refractivity contribution >= 4 is 11.3 Å². The van der Waals surface area contributed by atoms with Crippen LogP contribution in [0.1, 0.15) is 29.6 Å². The minimum atomic E-state index is -0.590. The molecule has 3 heterocycles. The fourth-order valence-electron chi connectivity index (χ4n) is 2.99. The molecule has 0 amide bonds. The number of benzene rings is 1. The van der Waals surface area contributed by atoms with Crippen LogP contribution in [0.2, 0.25) is 0 Å². The van der Waals surface area contributed by atoms with Gasteiger partial charge in [0.25, 0.3) is 0 Å². The van der Waals surface area contributed by atoms with E-state index >= 15 is 0 Å². The number of aliphatic hydroxyl groups excluding tert-OH is 1. The van der Waals surface area contributed by atoms with Gasteiger partial charge in [-0.05, 0) is 25.1 Å². The minimum Gasteiger partial charge on any atom is -0.387 e. The normalized spacial score (nSPS) is 16.8. The van der Waals surface area contributed by atoms with E-state index < -0.39 is 6.10 Å². The molecule has 0 aliphatic carbocycles. The number of aliphatic hydroxyl groups is 1. The zero-order valence-corrected chi connectivity index (χ0v) is 14.7. The standard InChI is InChI=1S/C18H19FN4OS/c1-12(24)17-11-23(21-20-17)13-8-22(9-13)10-14-6-7-18(25-14)15-4-2-3-5-16(15)19/h2-7,11-13,24H,8-10H2,1H3. The van der Waals surface area contributed by atoms with Gasteiger partial charge in [-0.15, -0.1) is 16.4 Å². The van der Waals surface area contributed by atoms with Crippen molar-refractivity contribution in [1.29, 1.82) is 0 Å². The summed E-state index contributed by atoms with van der Waals surface area (Å²) in [6, 6.07) is 11.2. The van der Waals surface area contributed by atoms with Crippen molar-refractivity contribution in [2.45, 2.75) is 25.6 Å². The molecule has 1 N–H and O–H groups in total. The highest BCUT2D eigenvalue weighted by molar-refractivity contribution is 7.15. The van der Waals surface area contributed by atoms with Crippen molar-refractivity contribution in [3.05, 3.63) is 59.0 Å². The zero-order chi connectivity index (χ0) is 17.4. The molecular formula is C18H19FN4OS. The lowest BCUT2D eigenvalue weighted by Crippen LogP contribution is -2.47. The smallest absolute Gasteiger partial charge is 0.131 e. The van der Waals surface area contributed by atoms with Crippen LogP contribution in [-0.4, -0.2) is 38.1 Å². The van der Waals surface area contributed by atoms with E-state index in [0.717, 1.165) is 24.5 Å². The predicted molar refractivity (Wildman–Crippen MR) is 94.7 cm³/mol. The number of nitrogens with zero attached hydrogens (tertiary/aromatic N) is 4. The number of likely N-dealkylation sites (tertiary alicyclic amines) is 1. The molecule has 1 saturated heterocycles. The molecule has 1 aromatic carbocycles. The van der Waals surface area contributed by atoms with Crippen LogP contribution in [0, 0.1) is 5.82 Å². The maximum absolute atomic E-state index is 13.9. The van der Waals surface area contributed by atoms with Crippen LogP contribution in [0.15, 0.2) is 42.6 Å². The van der Waals surface area contributed by atoms with E-state index in [1.165, 1.54) is 10.9 Å². The number of rotatable bonds is 5. The van der Waals surface area contributed by atoms with Crippen LogP contribution >= 0.6 is 11.3 Å². The van der Waals surface area contributed by atoms with Crippen LogP contribution in [-0.2, 0) is 6.54 Å². The number of hydrogen-bond donors (Lipinski definition) is 1. The van der Waals surface area contributed by atoms with Gasteiger partial charge in [0, 0.05) is 35.0 Å². The van der Waals surface area contributed by atoms with Crippen molar-refractivity contribution in [2.24, 2.45) is 0 Å². The lowest BCUT2D eigenvalue weighted by Gasteiger charge is -2.38. The monoisotopic (exact) mass is 358 g/mol. The average Bonchev–Trinajstić information content (AvgIpc) is 3.20. The fourth-order valence-corrected chi connectivity index (χ4v) is 4.07. The Labute approximate surface area is 149 Å². The second-order valence-corrected chi connectivity index (χ2v) is 7.56. The molecule has 0 bridgehead atoms. The SMILES string of the molecule is CC(O)c1cn(C2CN(Cc3ccc(-c4ccccc4F)s3)C2)nn1. The third-order valence-corrected chi connectivity index (χ3v) is 5.55. The van der Waals surface area contributed by atoms with Crippen LogP contribution in [0.3, 0.4) is 0 Å². The van der Waals surface area contributed by atoms with Crippen LogP contribution < -0.4 is 0 Å². The highest BCUT2D eigenvalue weighted by Crippen LogP contribution is 2.32. The first-order valence-corrected chi connectivity index (χ1v) is 9.07. The highest BCUT2D eigenvalue weighted by atomic mass is 32.1. The topological polar surface area (TPSA) is 54.2 Å². The zero-order valence-electron chi connectivity index (χ0n) is 13.8. The van der Waals surface area contributed by atoms with E-state index in [0.29, 0.717) is 17.3 Å². The Hall–Kier alpha value is -2.09. The molecule has 0 radical (unpaired) electrons. The van der Waals surface area contributed by atoms with Crippen LogP contribution in [0.25, 0.3) is 10.4 Å². The van der Waals surface area contributed by atoms with E-state index in [1.54, 1.807) is 24.3 Å². The van der Waals surface area contributed by atoms with Gasteiger partial charge >= 0.3 is 0 Å². The maximum atomic E-state index is 13.9. The summed E-state index contributed by atoms with van der Waals surface area (Å²) >= 11 is 1.63. The summed E-state index contributed by atoms with van der Waals surface area (Å²) in [6.45, 7) is 4.34. The number of hydrogen-bond acceptors (Lipinski definition) is 5. The summed E-state index contributed by atoms with van der Waals surface area (Å²) in [6.07, 6.45) is 1.22. The fraction of sp³-hybridized carbons (Fsp3) is 0.333. The van der Waals surface area contributed by atoms with Gasteiger partial charge in [-0.3, -0.25) is 4.90 Å². The van der Waals surface area contributed by atoms with Gasteiger partial charge in [-0.2, -0.15) is 0 Å². The Morgan fingerprint density at radius 1 is 1.28 bits per heavy atom. The first kappa shape index (κ1) is 16.4. The van der Waals surface area contributed by atoms with Crippen molar-refractivity contribution in [3.8, 4) is 10.4 Å². The van der Waals surface area contributed by atoms with Gasteiger partial charge in [-0.25, -0.2) is 9.07 Å². The van der Waals surface area contributed by atoms with Crippen molar-refractivity contribution in [3.63, 3.8) is 0 Å². The van der Waals surface area contributed by atoms with Crippen molar-refractivity contribution < 1.29 is 9.50 Å². The van der Waals surface area contributed by atoms with Crippen LogP contribution in [0.5, 0.6) is 0 Å². The van der Waals surface area contributed by atoms with E-state index in [1.807, 2.05) is 29.1 Å². The summed E-state index contributed by atoms with van der Waals surface area (Å²) in [7, 11) is 0. The predicted octanol–water partition coefficient (Wildman–Crippen LogP) is 3.26. The van der Waals surface area contributed by atoms with Crippen LogP contribution in [0.4, 0.5) is 4.39 Å². The molecule has 5 nitrogen and oxygen atoms in total. The molecule has 4 rings (SSSR count). The molecule has 7 heteroatoms. The van der Waals surface area contributed by atoms with E-state index in [9.17, 15) is 9.50 Å². The molecule has 1 fully saturated rings. The van der Waals surface area contributed by atoms with Gasteiger partial charge < -0.3 is 5.11 Å². The maximum Gasteiger partial charge on any atom is 0.131 e. The number of aromatic nitrogens is 3. The van der Waals surface area contributed by atoms with Gasteiger partial charge in [0.1, 0.15) is 11.5 Å². The molecule has 1 aliphatic heterocycles. The molecular weight excluding hydrogens is 339 g/mol. The van der Waals surface area contributed by atoms with E-state index in [-0.39, 0.29) is 5.82 Å². The quantitative estimate of drug-likeness (QED) is 0.761. The molecule has 2 aromatic heterocycles. The third-order valence-electron chi connectivity index (χ3n) is 4.45. The summed E-state index contributed by atoms with van der Waals surface area (Å²) < 4.78 is 15.7. The lowest BCUT2D eigenvalue weighted by molar-refractivity contribution is 0.0906. The molecule has 25 heavy (non-hydrogen) atoms. The van der Waals surface area contributed by atoms with Crippen molar-refractivity contribution in [2.75, 3.05) is 13.1 Å². The van der Waals surface area contributed by atoms with E-state index in [4.69, 9.17) is 0 Å². The first-order valence-electron chi connectivity index (χ1n) is 8.26. The first-order chi connectivity index (χ1) is 12.1. The molecule has 0 spiro atoms. The molecule has 130 valence electrons. The van der Waals surface area contributed by atoms with E-state index in [2.05, 4.69) is 21.3 Å². The summed E-state index contributed by atoms with van der Waals surface area (Å²) in [5.41, 5.74) is 1.26. The van der Waals surface area contributed by atoms with Gasteiger partial charge in [0.15, 0.2) is 0 Å². The van der Waals surface area contributed by atoms with Gasteiger partial charge in [0.2, 0.25) is 0 Å². The number of thiophene rings is 1. The number of halogens is 1. The van der Waals surface area contributed by atoms with Gasteiger partial charge in [0.05, 0.1) is 18.3 Å². The second-order valence-electron chi connectivity index (χ2n) is 6.39. The largest absolute Gasteiger partial charge is 0.387 e. The Kier molecular flexibility index (Phi) is 4.37. The Morgan fingerprint density at radius 2 is 2.08 bits per heavy atom. The summed E-state index contributed by atoms with van der Waals surface area (Å²) in [5, 5.41) is 17.6. The Bertz CT molecular complexity index is 869. The van der Waals surface area contributed by atoms with Gasteiger partial charge in [-0.1, -0.05) is 23.4 Å². The lowest BCUT2D eigenvalue weighted by atomic mass is 10.1. The minimum absolute atomic E-state index is 0.181. The average molecular weight is 358 g/mol. The summed E-state index contributed by atoms with van der Waals surface area (Å²) in [4.78, 5) is 4.51. The Morgan fingerprint density at radius 3 is 2.80 bits per heavy atom. The van der Waals surface area contributed by atoms with Crippen molar-refractivity contribution in [1.82, 2.24) is 19.9 Å². The molecule has 0 saturated carbocycles. The highest BCUT2D eigenvalue weighted by Gasteiger charge is 2.29. The summed E-state index contributed by atoms with van der Waals surface area (Å²) in [5.74, 6) is -0.181. The molecule has 1 atom stereocenters.